The van der Waals surface area contributed by atoms with Crippen molar-refractivity contribution in [2.45, 2.75) is 32.2 Å². The second-order valence-electron chi connectivity index (χ2n) is 4.99. The van der Waals surface area contributed by atoms with E-state index in [2.05, 4.69) is 5.32 Å². The Morgan fingerprint density at radius 2 is 2.29 bits per heavy atom. The van der Waals surface area contributed by atoms with Crippen LogP contribution in [0.15, 0.2) is 24.3 Å². The van der Waals surface area contributed by atoms with Crippen molar-refractivity contribution in [2.24, 2.45) is 0 Å². The van der Waals surface area contributed by atoms with E-state index in [1.807, 2.05) is 25.1 Å². The molecule has 1 unspecified atom stereocenters. The van der Waals surface area contributed by atoms with Gasteiger partial charge in [0, 0.05) is 12.5 Å². The number of carbonyl (C=O) groups is 2. The quantitative estimate of drug-likeness (QED) is 0.785. The standard InChI is InChI=1S/C16H19NO4/c1-2-3-13(16(19)20)17-15(18)7-5-11-4-6-14-12(10-11)8-9-21-14/h4-7,10,13H,2-3,8-9H2,1H3,(H,17,18)(H,19,20)/b7-5+. The van der Waals surface area contributed by atoms with Gasteiger partial charge in [-0.15, -0.1) is 0 Å². The molecule has 2 rings (SSSR count). The third kappa shape index (κ3) is 4.08. The third-order valence-corrected chi connectivity index (χ3v) is 3.33. The molecule has 0 bridgehead atoms. The molecule has 1 aliphatic heterocycles. The summed E-state index contributed by atoms with van der Waals surface area (Å²) in [5.41, 5.74) is 2.03. The summed E-state index contributed by atoms with van der Waals surface area (Å²) in [5, 5.41) is 11.5. The van der Waals surface area contributed by atoms with Gasteiger partial charge in [0.15, 0.2) is 0 Å². The second-order valence-corrected chi connectivity index (χ2v) is 4.99. The smallest absolute Gasteiger partial charge is 0.326 e. The Labute approximate surface area is 123 Å². The highest BCUT2D eigenvalue weighted by Crippen LogP contribution is 2.26. The molecule has 1 atom stereocenters. The van der Waals surface area contributed by atoms with Crippen molar-refractivity contribution in [1.82, 2.24) is 5.32 Å². The maximum atomic E-state index is 11.8. The SMILES string of the molecule is CCCC(NC(=O)/C=C/c1ccc2c(c1)CCO2)C(=O)O. The lowest BCUT2D eigenvalue weighted by Gasteiger charge is -2.11. The molecular formula is C16H19NO4. The van der Waals surface area contributed by atoms with Crippen LogP contribution in [0.25, 0.3) is 6.08 Å². The van der Waals surface area contributed by atoms with Gasteiger partial charge in [-0.1, -0.05) is 19.4 Å². The zero-order valence-corrected chi connectivity index (χ0v) is 12.0. The molecule has 5 nitrogen and oxygen atoms in total. The summed E-state index contributed by atoms with van der Waals surface area (Å²) >= 11 is 0. The molecule has 1 amide bonds. The van der Waals surface area contributed by atoms with Crippen molar-refractivity contribution in [1.29, 1.82) is 0 Å². The first kappa shape index (κ1) is 15.1. The van der Waals surface area contributed by atoms with E-state index >= 15 is 0 Å². The molecule has 1 heterocycles. The minimum Gasteiger partial charge on any atom is -0.493 e. The van der Waals surface area contributed by atoms with Crippen molar-refractivity contribution in [3.63, 3.8) is 0 Å². The van der Waals surface area contributed by atoms with Crippen molar-refractivity contribution in [3.8, 4) is 5.75 Å². The van der Waals surface area contributed by atoms with Crippen molar-refractivity contribution < 1.29 is 19.4 Å². The van der Waals surface area contributed by atoms with Gasteiger partial charge in [-0.25, -0.2) is 4.79 Å². The van der Waals surface area contributed by atoms with E-state index in [0.717, 1.165) is 23.3 Å². The predicted octanol–water partition coefficient (Wildman–Crippen LogP) is 2.00. The summed E-state index contributed by atoms with van der Waals surface area (Å²) in [5.74, 6) is -0.508. The summed E-state index contributed by atoms with van der Waals surface area (Å²) in [6.45, 7) is 2.57. The van der Waals surface area contributed by atoms with Gasteiger partial charge in [0.1, 0.15) is 11.8 Å². The van der Waals surface area contributed by atoms with Crippen LogP contribution in [-0.4, -0.2) is 29.6 Å². The number of benzene rings is 1. The van der Waals surface area contributed by atoms with E-state index in [4.69, 9.17) is 9.84 Å². The van der Waals surface area contributed by atoms with Crippen LogP contribution in [0, 0.1) is 0 Å². The Balaban J connectivity index is 1.97. The zero-order chi connectivity index (χ0) is 15.2. The first-order chi connectivity index (χ1) is 10.1. The van der Waals surface area contributed by atoms with E-state index in [0.29, 0.717) is 19.4 Å². The number of carbonyl (C=O) groups excluding carboxylic acids is 1. The maximum absolute atomic E-state index is 11.8. The number of aliphatic carboxylic acids is 1. The zero-order valence-electron chi connectivity index (χ0n) is 12.0. The van der Waals surface area contributed by atoms with Crippen LogP contribution in [0.5, 0.6) is 5.75 Å². The van der Waals surface area contributed by atoms with Gasteiger partial charge in [-0.3, -0.25) is 4.79 Å². The van der Waals surface area contributed by atoms with Crippen LogP contribution in [-0.2, 0) is 16.0 Å². The monoisotopic (exact) mass is 289 g/mol. The number of nitrogens with one attached hydrogen (secondary N) is 1. The Bertz CT molecular complexity index is 565. The molecule has 21 heavy (non-hydrogen) atoms. The van der Waals surface area contributed by atoms with Gasteiger partial charge < -0.3 is 15.2 Å². The molecule has 0 saturated heterocycles. The second kappa shape index (κ2) is 6.92. The average Bonchev–Trinajstić information content (AvgIpc) is 2.92. The lowest BCUT2D eigenvalue weighted by atomic mass is 10.1. The molecular weight excluding hydrogens is 270 g/mol. The number of amides is 1. The first-order valence-corrected chi connectivity index (χ1v) is 7.07. The van der Waals surface area contributed by atoms with Gasteiger partial charge >= 0.3 is 5.97 Å². The average molecular weight is 289 g/mol. The molecule has 0 radical (unpaired) electrons. The fraction of sp³-hybridized carbons (Fsp3) is 0.375. The molecule has 0 aromatic heterocycles. The minimum atomic E-state index is -1.01. The van der Waals surface area contributed by atoms with E-state index < -0.39 is 17.9 Å². The normalized spacial score (nSPS) is 14.5. The van der Waals surface area contributed by atoms with E-state index in [1.165, 1.54) is 6.08 Å². The summed E-state index contributed by atoms with van der Waals surface area (Å²) in [6.07, 6.45) is 5.04. The van der Waals surface area contributed by atoms with Gasteiger partial charge in [0.05, 0.1) is 6.61 Å². The lowest BCUT2D eigenvalue weighted by Crippen LogP contribution is -2.39. The highest BCUT2D eigenvalue weighted by Gasteiger charge is 2.17. The van der Waals surface area contributed by atoms with Gasteiger partial charge in [-0.05, 0) is 35.8 Å². The highest BCUT2D eigenvalue weighted by atomic mass is 16.5. The number of ether oxygens (including phenoxy) is 1. The molecule has 0 aliphatic carbocycles. The van der Waals surface area contributed by atoms with Crippen LogP contribution in [0.1, 0.15) is 30.9 Å². The number of rotatable bonds is 6. The Morgan fingerprint density at radius 1 is 1.48 bits per heavy atom. The molecule has 0 spiro atoms. The largest absolute Gasteiger partial charge is 0.493 e. The molecule has 5 heteroatoms. The Morgan fingerprint density at radius 3 is 3.00 bits per heavy atom. The van der Waals surface area contributed by atoms with Gasteiger partial charge in [-0.2, -0.15) is 0 Å². The number of hydrogen-bond acceptors (Lipinski definition) is 3. The Hall–Kier alpha value is -2.30. The molecule has 1 aromatic carbocycles. The summed E-state index contributed by atoms with van der Waals surface area (Å²) in [6, 6.07) is 4.90. The molecule has 1 aromatic rings. The maximum Gasteiger partial charge on any atom is 0.326 e. The third-order valence-electron chi connectivity index (χ3n) is 3.33. The molecule has 112 valence electrons. The Kier molecular flexibility index (Phi) is 4.98. The first-order valence-electron chi connectivity index (χ1n) is 7.07. The number of carboxylic acids is 1. The van der Waals surface area contributed by atoms with Crippen LogP contribution in [0.3, 0.4) is 0 Å². The number of hydrogen-bond donors (Lipinski definition) is 2. The molecule has 1 aliphatic rings. The van der Waals surface area contributed by atoms with Crippen molar-refractivity contribution in [3.05, 3.63) is 35.4 Å². The molecule has 2 N–H and O–H groups in total. The number of carboxylic acid groups (broad SMARTS) is 1. The van der Waals surface area contributed by atoms with Crippen molar-refractivity contribution >= 4 is 18.0 Å². The fourth-order valence-corrected chi connectivity index (χ4v) is 2.25. The molecule has 0 fully saturated rings. The van der Waals surface area contributed by atoms with E-state index in [1.54, 1.807) is 6.08 Å². The number of fused-ring (bicyclic) bond motifs is 1. The van der Waals surface area contributed by atoms with Crippen LogP contribution in [0.2, 0.25) is 0 Å². The summed E-state index contributed by atoms with van der Waals surface area (Å²) in [7, 11) is 0. The van der Waals surface area contributed by atoms with Crippen LogP contribution >= 0.6 is 0 Å². The van der Waals surface area contributed by atoms with Gasteiger partial charge in [0.25, 0.3) is 0 Å². The fourth-order valence-electron chi connectivity index (χ4n) is 2.25. The van der Waals surface area contributed by atoms with E-state index in [-0.39, 0.29) is 0 Å². The predicted molar refractivity (Wildman–Crippen MR) is 79.1 cm³/mol. The van der Waals surface area contributed by atoms with Crippen LogP contribution in [0.4, 0.5) is 0 Å². The van der Waals surface area contributed by atoms with Gasteiger partial charge in [0.2, 0.25) is 5.91 Å². The summed E-state index contributed by atoms with van der Waals surface area (Å²) < 4.78 is 5.42. The van der Waals surface area contributed by atoms with E-state index in [9.17, 15) is 9.59 Å². The van der Waals surface area contributed by atoms with Crippen LogP contribution < -0.4 is 10.1 Å². The lowest BCUT2D eigenvalue weighted by molar-refractivity contribution is -0.141. The van der Waals surface area contributed by atoms with Crippen molar-refractivity contribution in [2.75, 3.05) is 6.61 Å². The molecule has 0 saturated carbocycles. The summed E-state index contributed by atoms with van der Waals surface area (Å²) in [4.78, 5) is 22.7. The minimum absolute atomic E-state index is 0.396. The topological polar surface area (TPSA) is 75.6 Å². The highest BCUT2D eigenvalue weighted by molar-refractivity contribution is 5.94.